The number of nitro groups is 2. The lowest BCUT2D eigenvalue weighted by atomic mass is 10.3. The van der Waals surface area contributed by atoms with Gasteiger partial charge in [0.25, 0.3) is 11.4 Å². The Hall–Kier alpha value is -1.69. The third kappa shape index (κ3) is 6.80. The van der Waals surface area contributed by atoms with Crippen LogP contribution in [0.4, 0.5) is 11.4 Å². The molecule has 0 aliphatic rings. The van der Waals surface area contributed by atoms with Crippen molar-refractivity contribution in [3.05, 3.63) is 44.5 Å². The van der Waals surface area contributed by atoms with E-state index < -0.39 is 9.85 Å². The van der Waals surface area contributed by atoms with E-state index in [0.29, 0.717) is 0 Å². The third-order valence-electron chi connectivity index (χ3n) is 2.01. The standard InChI is InChI=1S/C6H4N2O4.C5H11Cl/c9-7(10)5-1-2-6(4-3-5)8(11)12;1-2-3-4-5-6/h1-4H;2-5H2,1H3. The van der Waals surface area contributed by atoms with E-state index in [1.165, 1.54) is 19.3 Å². The van der Waals surface area contributed by atoms with Gasteiger partial charge in [-0.3, -0.25) is 20.2 Å². The largest absolute Gasteiger partial charge is 0.269 e. The Balaban J connectivity index is 0.000000411. The minimum Gasteiger partial charge on any atom is -0.258 e. The van der Waals surface area contributed by atoms with Gasteiger partial charge in [-0.05, 0) is 6.42 Å². The maximum absolute atomic E-state index is 10.1. The molecule has 0 aliphatic heterocycles. The van der Waals surface area contributed by atoms with Gasteiger partial charge in [0.15, 0.2) is 0 Å². The number of halogens is 1. The summed E-state index contributed by atoms with van der Waals surface area (Å²) in [7, 11) is 0. The molecule has 7 heteroatoms. The number of benzene rings is 1. The molecule has 0 heterocycles. The van der Waals surface area contributed by atoms with Crippen LogP contribution in [0.15, 0.2) is 24.3 Å². The summed E-state index contributed by atoms with van der Waals surface area (Å²) in [5.41, 5.74) is -0.304. The summed E-state index contributed by atoms with van der Waals surface area (Å²) in [6.45, 7) is 2.17. The van der Waals surface area contributed by atoms with Crippen LogP contribution in [-0.2, 0) is 0 Å². The summed E-state index contributed by atoms with van der Waals surface area (Å²) in [5, 5.41) is 20.2. The van der Waals surface area contributed by atoms with Crippen molar-refractivity contribution in [2.24, 2.45) is 0 Å². The lowest BCUT2D eigenvalue weighted by molar-refractivity contribution is -0.389. The lowest BCUT2D eigenvalue weighted by Crippen LogP contribution is -1.90. The molecule has 1 aromatic rings. The van der Waals surface area contributed by atoms with E-state index in [4.69, 9.17) is 11.6 Å². The van der Waals surface area contributed by atoms with Gasteiger partial charge in [-0.15, -0.1) is 11.6 Å². The van der Waals surface area contributed by atoms with Crippen molar-refractivity contribution < 1.29 is 9.85 Å². The summed E-state index contributed by atoms with van der Waals surface area (Å²) >= 11 is 5.38. The molecule has 1 aromatic carbocycles. The number of non-ortho nitro benzene ring substituents is 2. The Morgan fingerprint density at radius 3 is 1.56 bits per heavy atom. The molecule has 100 valence electrons. The molecule has 0 aliphatic carbocycles. The van der Waals surface area contributed by atoms with Gasteiger partial charge in [0, 0.05) is 30.1 Å². The van der Waals surface area contributed by atoms with E-state index in [0.717, 1.165) is 30.1 Å². The summed E-state index contributed by atoms with van der Waals surface area (Å²) in [6, 6.07) is 4.38. The van der Waals surface area contributed by atoms with Gasteiger partial charge in [-0.25, -0.2) is 0 Å². The van der Waals surface area contributed by atoms with Crippen LogP contribution in [-0.4, -0.2) is 15.7 Å². The van der Waals surface area contributed by atoms with Crippen molar-refractivity contribution in [3.63, 3.8) is 0 Å². The second kappa shape index (κ2) is 9.35. The third-order valence-corrected chi connectivity index (χ3v) is 2.28. The number of hydrogen-bond donors (Lipinski definition) is 0. The predicted molar refractivity (Wildman–Crippen MR) is 70.0 cm³/mol. The molecule has 0 radical (unpaired) electrons. The van der Waals surface area contributed by atoms with Crippen LogP contribution >= 0.6 is 11.6 Å². The Morgan fingerprint density at radius 1 is 1.00 bits per heavy atom. The highest BCUT2D eigenvalue weighted by atomic mass is 35.5. The first kappa shape index (κ1) is 16.3. The molecule has 0 amide bonds. The Kier molecular flexibility index (Phi) is 8.47. The van der Waals surface area contributed by atoms with Gasteiger partial charge in [-0.1, -0.05) is 19.8 Å². The highest BCUT2D eigenvalue weighted by molar-refractivity contribution is 6.17. The molecule has 0 spiro atoms. The predicted octanol–water partition coefficient (Wildman–Crippen LogP) is 3.92. The van der Waals surface area contributed by atoms with E-state index in [9.17, 15) is 20.2 Å². The molecular weight excluding hydrogens is 260 g/mol. The Labute approximate surface area is 110 Å². The molecule has 18 heavy (non-hydrogen) atoms. The van der Waals surface area contributed by atoms with Crippen molar-refractivity contribution in [3.8, 4) is 0 Å². The SMILES string of the molecule is CCCCCCl.O=[N+]([O-])c1ccc([N+](=O)[O-])cc1. The Bertz CT molecular complexity index is 344. The zero-order valence-electron chi connectivity index (χ0n) is 10.0. The van der Waals surface area contributed by atoms with Crippen molar-refractivity contribution >= 4 is 23.0 Å². The monoisotopic (exact) mass is 274 g/mol. The van der Waals surface area contributed by atoms with Crippen molar-refractivity contribution in [1.29, 1.82) is 0 Å². The fraction of sp³-hybridized carbons (Fsp3) is 0.455. The van der Waals surface area contributed by atoms with E-state index in [1.807, 2.05) is 0 Å². The Morgan fingerprint density at radius 2 is 1.39 bits per heavy atom. The molecular formula is C11H15ClN2O4. The quantitative estimate of drug-likeness (QED) is 0.352. The highest BCUT2D eigenvalue weighted by Gasteiger charge is 2.08. The zero-order valence-corrected chi connectivity index (χ0v) is 10.8. The maximum atomic E-state index is 10.1. The molecule has 0 N–H and O–H groups in total. The normalized spacial score (nSPS) is 9.22. The summed E-state index contributed by atoms with van der Waals surface area (Å²) in [4.78, 5) is 19.0. The molecule has 0 fully saturated rings. The van der Waals surface area contributed by atoms with Gasteiger partial charge in [0.2, 0.25) is 0 Å². The topological polar surface area (TPSA) is 86.3 Å². The number of unbranched alkanes of at least 4 members (excludes halogenated alkanes) is 2. The van der Waals surface area contributed by atoms with Crippen molar-refractivity contribution in [2.75, 3.05) is 5.88 Å². The van der Waals surface area contributed by atoms with Crippen LogP contribution in [0.1, 0.15) is 26.2 Å². The van der Waals surface area contributed by atoms with Crippen LogP contribution in [0.5, 0.6) is 0 Å². The van der Waals surface area contributed by atoms with Gasteiger partial charge in [0.1, 0.15) is 0 Å². The molecule has 1 rings (SSSR count). The van der Waals surface area contributed by atoms with Gasteiger partial charge in [0.05, 0.1) is 9.85 Å². The average Bonchev–Trinajstić information content (AvgIpc) is 2.37. The van der Waals surface area contributed by atoms with Crippen LogP contribution in [0.3, 0.4) is 0 Å². The molecule has 0 saturated heterocycles. The number of hydrogen-bond acceptors (Lipinski definition) is 4. The number of nitrogens with zero attached hydrogens (tertiary/aromatic N) is 2. The number of rotatable bonds is 5. The van der Waals surface area contributed by atoms with Gasteiger partial charge >= 0.3 is 0 Å². The van der Waals surface area contributed by atoms with Crippen LogP contribution in [0, 0.1) is 20.2 Å². The first-order chi connectivity index (χ1) is 8.52. The second-order valence-electron chi connectivity index (χ2n) is 3.43. The maximum Gasteiger partial charge on any atom is 0.269 e. The molecule has 0 saturated carbocycles. The molecule has 0 bridgehead atoms. The number of alkyl halides is 1. The zero-order chi connectivity index (χ0) is 14.0. The van der Waals surface area contributed by atoms with E-state index in [-0.39, 0.29) is 11.4 Å². The summed E-state index contributed by atoms with van der Waals surface area (Å²) in [5.74, 6) is 0.827. The van der Waals surface area contributed by atoms with Crippen LogP contribution in [0.25, 0.3) is 0 Å². The molecule has 0 unspecified atom stereocenters. The minimum atomic E-state index is -0.607. The van der Waals surface area contributed by atoms with E-state index in [1.54, 1.807) is 0 Å². The second-order valence-corrected chi connectivity index (χ2v) is 3.80. The van der Waals surface area contributed by atoms with Crippen LogP contribution in [0.2, 0.25) is 0 Å². The fourth-order valence-corrected chi connectivity index (χ4v) is 1.23. The van der Waals surface area contributed by atoms with Crippen molar-refractivity contribution in [2.45, 2.75) is 26.2 Å². The van der Waals surface area contributed by atoms with Crippen molar-refractivity contribution in [1.82, 2.24) is 0 Å². The first-order valence-electron chi connectivity index (χ1n) is 5.47. The fourth-order valence-electron chi connectivity index (χ4n) is 1.04. The molecule has 6 nitrogen and oxygen atoms in total. The molecule has 0 atom stereocenters. The smallest absolute Gasteiger partial charge is 0.258 e. The van der Waals surface area contributed by atoms with E-state index in [2.05, 4.69) is 6.92 Å². The van der Waals surface area contributed by atoms with E-state index >= 15 is 0 Å². The van der Waals surface area contributed by atoms with Gasteiger partial charge < -0.3 is 0 Å². The summed E-state index contributed by atoms with van der Waals surface area (Å²) < 4.78 is 0. The average molecular weight is 275 g/mol. The molecule has 0 aromatic heterocycles. The highest BCUT2D eigenvalue weighted by Crippen LogP contribution is 2.16. The minimum absolute atomic E-state index is 0.152. The lowest BCUT2D eigenvalue weighted by Gasteiger charge is -1.90. The number of nitro benzene ring substituents is 2. The first-order valence-corrected chi connectivity index (χ1v) is 6.01. The van der Waals surface area contributed by atoms with Crippen LogP contribution < -0.4 is 0 Å². The summed E-state index contributed by atoms with van der Waals surface area (Å²) in [6.07, 6.45) is 3.73. The van der Waals surface area contributed by atoms with Gasteiger partial charge in [-0.2, -0.15) is 0 Å².